The average Bonchev–Trinajstić information content (AvgIpc) is 2.85. The predicted octanol–water partition coefficient (Wildman–Crippen LogP) is -0.802. The Morgan fingerprint density at radius 2 is 1.65 bits per heavy atom. The highest BCUT2D eigenvalue weighted by atomic mass is 16.5. The van der Waals surface area contributed by atoms with Crippen LogP contribution in [0.1, 0.15) is 19.3 Å². The van der Waals surface area contributed by atoms with E-state index in [1.54, 1.807) is 17.3 Å². The van der Waals surface area contributed by atoms with E-state index in [4.69, 9.17) is 5.11 Å². The summed E-state index contributed by atoms with van der Waals surface area (Å²) in [6.07, 6.45) is 2.95. The Morgan fingerprint density at radius 1 is 1.00 bits per heavy atom. The lowest BCUT2D eigenvalue weighted by atomic mass is 10.1. The molecule has 0 spiro atoms. The van der Waals surface area contributed by atoms with Gasteiger partial charge in [-0.15, -0.1) is 0 Å². The smallest absolute Gasteiger partial charge is 0.323 e. The van der Waals surface area contributed by atoms with Crippen molar-refractivity contribution in [3.63, 3.8) is 0 Å². The van der Waals surface area contributed by atoms with Crippen LogP contribution in [0.4, 0.5) is 5.69 Å². The van der Waals surface area contributed by atoms with Gasteiger partial charge < -0.3 is 29.4 Å². The highest BCUT2D eigenvalue weighted by Crippen LogP contribution is 2.19. The maximum absolute atomic E-state index is 12.9. The first-order valence-electron chi connectivity index (χ1n) is 11.1. The van der Waals surface area contributed by atoms with Gasteiger partial charge >= 0.3 is 11.9 Å². The minimum Gasteiger partial charge on any atom is -0.480 e. The van der Waals surface area contributed by atoms with Crippen LogP contribution in [0.3, 0.4) is 0 Å². The number of nitrogens with zero attached hydrogens (tertiary/aromatic N) is 5. The molecule has 184 valence electrons. The van der Waals surface area contributed by atoms with E-state index >= 15 is 0 Å². The van der Waals surface area contributed by atoms with E-state index in [-0.39, 0.29) is 38.3 Å². The van der Waals surface area contributed by atoms with E-state index < -0.39 is 36.3 Å². The van der Waals surface area contributed by atoms with E-state index in [1.165, 1.54) is 12.0 Å². The largest absolute Gasteiger partial charge is 0.480 e. The first-order chi connectivity index (χ1) is 16.3. The zero-order valence-corrected chi connectivity index (χ0v) is 19.1. The number of hydrogen-bond donors (Lipinski definition) is 1. The monoisotopic (exact) mass is 475 g/mol. The molecule has 1 unspecified atom stereocenters. The fraction of sp³-hybridized carbons (Fsp3) is 0.545. The van der Waals surface area contributed by atoms with Gasteiger partial charge in [0.05, 0.1) is 13.5 Å². The van der Waals surface area contributed by atoms with E-state index in [1.807, 2.05) is 12.1 Å². The second kappa shape index (κ2) is 11.4. The molecule has 3 amide bonds. The van der Waals surface area contributed by atoms with Gasteiger partial charge in [-0.25, -0.2) is 0 Å². The molecule has 2 fully saturated rings. The van der Waals surface area contributed by atoms with Crippen LogP contribution >= 0.6 is 0 Å². The summed E-state index contributed by atoms with van der Waals surface area (Å²) in [5.74, 6) is -3.06. The minimum absolute atomic E-state index is 0.0113. The van der Waals surface area contributed by atoms with Crippen LogP contribution < -0.4 is 4.90 Å². The topological polar surface area (TPSA) is 141 Å². The standard InChI is InChI=1S/C22H29N5O7/c1-34-21(32)14-17-22(33)26(15-20(30)31)12-13-27(17)19(29)3-2-18(28)25-10-8-24(9-11-25)16-4-6-23-7-5-16/h4-7,17H,2-3,8-15H2,1H3,(H,30,31). The fourth-order valence-electron chi connectivity index (χ4n) is 4.18. The van der Waals surface area contributed by atoms with E-state index in [2.05, 4.69) is 14.6 Å². The van der Waals surface area contributed by atoms with Gasteiger partial charge in [0.1, 0.15) is 12.6 Å². The van der Waals surface area contributed by atoms with Crippen molar-refractivity contribution in [2.75, 3.05) is 57.8 Å². The van der Waals surface area contributed by atoms with Crippen molar-refractivity contribution in [2.24, 2.45) is 0 Å². The number of esters is 1. The number of aliphatic carboxylic acids is 1. The summed E-state index contributed by atoms with van der Waals surface area (Å²) in [4.78, 5) is 71.4. The first-order valence-corrected chi connectivity index (χ1v) is 11.1. The van der Waals surface area contributed by atoms with Crippen LogP contribution in [0.5, 0.6) is 0 Å². The second-order valence-electron chi connectivity index (χ2n) is 8.11. The Balaban J connectivity index is 1.54. The van der Waals surface area contributed by atoms with Crippen LogP contribution in [-0.2, 0) is 28.7 Å². The second-order valence-corrected chi connectivity index (χ2v) is 8.11. The molecule has 1 aromatic rings. The van der Waals surface area contributed by atoms with E-state index in [0.717, 1.165) is 10.6 Å². The van der Waals surface area contributed by atoms with Crippen molar-refractivity contribution in [3.8, 4) is 0 Å². The first kappa shape index (κ1) is 24.9. The third-order valence-electron chi connectivity index (χ3n) is 6.03. The lowest BCUT2D eigenvalue weighted by Crippen LogP contribution is -2.60. The molecule has 2 saturated heterocycles. The summed E-state index contributed by atoms with van der Waals surface area (Å²) in [7, 11) is 1.17. The zero-order chi connectivity index (χ0) is 24.7. The summed E-state index contributed by atoms with van der Waals surface area (Å²) >= 11 is 0. The molecule has 3 rings (SSSR count). The maximum atomic E-state index is 12.9. The van der Waals surface area contributed by atoms with Crippen molar-refractivity contribution < 1.29 is 33.8 Å². The zero-order valence-electron chi connectivity index (χ0n) is 19.1. The molecule has 2 aliphatic heterocycles. The molecule has 12 nitrogen and oxygen atoms in total. The van der Waals surface area contributed by atoms with E-state index in [0.29, 0.717) is 26.2 Å². The number of pyridine rings is 1. The van der Waals surface area contributed by atoms with Crippen molar-refractivity contribution in [1.29, 1.82) is 0 Å². The van der Waals surface area contributed by atoms with Crippen molar-refractivity contribution in [1.82, 2.24) is 19.7 Å². The molecule has 2 aliphatic rings. The number of anilines is 1. The molecule has 0 radical (unpaired) electrons. The number of aromatic nitrogens is 1. The summed E-state index contributed by atoms with van der Waals surface area (Å²) in [6.45, 7) is 2.02. The van der Waals surface area contributed by atoms with Gasteiger partial charge in [0, 0.05) is 70.2 Å². The van der Waals surface area contributed by atoms with Crippen molar-refractivity contribution in [2.45, 2.75) is 25.3 Å². The lowest BCUT2D eigenvalue weighted by molar-refractivity contribution is -0.159. The van der Waals surface area contributed by atoms with Crippen LogP contribution in [0.25, 0.3) is 0 Å². The normalized spacial score (nSPS) is 18.6. The molecule has 3 heterocycles. The fourth-order valence-corrected chi connectivity index (χ4v) is 4.18. The number of carboxylic acid groups (broad SMARTS) is 1. The van der Waals surface area contributed by atoms with Gasteiger partial charge in [0.25, 0.3) is 0 Å². The number of carbonyl (C=O) groups excluding carboxylic acids is 4. The third kappa shape index (κ3) is 6.21. The molecule has 0 aromatic carbocycles. The number of rotatable bonds is 8. The summed E-state index contributed by atoms with van der Waals surface area (Å²) in [5, 5.41) is 9.01. The molecule has 1 N–H and O–H groups in total. The van der Waals surface area contributed by atoms with Crippen molar-refractivity contribution >= 4 is 35.3 Å². The van der Waals surface area contributed by atoms with Gasteiger partial charge in [-0.1, -0.05) is 0 Å². The molecule has 12 heteroatoms. The van der Waals surface area contributed by atoms with Crippen molar-refractivity contribution in [3.05, 3.63) is 24.5 Å². The number of piperazine rings is 2. The molecule has 34 heavy (non-hydrogen) atoms. The number of methoxy groups -OCH3 is 1. The molecule has 1 aromatic heterocycles. The van der Waals surface area contributed by atoms with Gasteiger partial charge in [0.2, 0.25) is 17.7 Å². The summed E-state index contributed by atoms with van der Waals surface area (Å²) < 4.78 is 4.63. The Hall–Kier alpha value is -3.70. The van der Waals surface area contributed by atoms with Gasteiger partial charge in [-0.05, 0) is 12.1 Å². The summed E-state index contributed by atoms with van der Waals surface area (Å²) in [5.41, 5.74) is 1.04. The molecular formula is C22H29N5O7. The van der Waals surface area contributed by atoms with Crippen LogP contribution in [0, 0.1) is 0 Å². The Kier molecular flexibility index (Phi) is 8.39. The number of ether oxygens (including phenoxy) is 1. The van der Waals surface area contributed by atoms with Crippen LogP contribution in [0.15, 0.2) is 24.5 Å². The average molecular weight is 476 g/mol. The lowest BCUT2D eigenvalue weighted by Gasteiger charge is -2.40. The predicted molar refractivity (Wildman–Crippen MR) is 119 cm³/mol. The molecule has 0 saturated carbocycles. The van der Waals surface area contributed by atoms with Gasteiger partial charge in [-0.2, -0.15) is 0 Å². The number of amides is 3. The van der Waals surface area contributed by atoms with Crippen LogP contribution in [-0.4, -0.2) is 113 Å². The van der Waals surface area contributed by atoms with Gasteiger partial charge in [-0.3, -0.25) is 29.0 Å². The quantitative estimate of drug-likeness (QED) is 0.478. The number of carboxylic acids is 1. The summed E-state index contributed by atoms with van der Waals surface area (Å²) in [6, 6.07) is 2.68. The van der Waals surface area contributed by atoms with Crippen LogP contribution in [0.2, 0.25) is 0 Å². The maximum Gasteiger partial charge on any atom is 0.323 e. The number of carbonyl (C=O) groups is 5. The molecule has 0 aliphatic carbocycles. The Labute approximate surface area is 197 Å². The minimum atomic E-state index is -1.18. The molecule has 0 bridgehead atoms. The van der Waals surface area contributed by atoms with E-state index in [9.17, 15) is 24.0 Å². The molecular weight excluding hydrogens is 446 g/mol. The Morgan fingerprint density at radius 3 is 2.26 bits per heavy atom. The highest BCUT2D eigenvalue weighted by molar-refractivity contribution is 5.94. The molecule has 1 atom stereocenters. The third-order valence-corrected chi connectivity index (χ3v) is 6.03. The number of hydrogen-bond acceptors (Lipinski definition) is 8. The SMILES string of the molecule is COC(=O)CC1C(=O)N(CC(=O)O)CCN1C(=O)CCC(=O)N1CCN(c2ccncc2)CC1. The Bertz CT molecular complexity index is 917. The van der Waals surface area contributed by atoms with Gasteiger partial charge in [0.15, 0.2) is 0 Å². The highest BCUT2D eigenvalue weighted by Gasteiger charge is 2.39.